The van der Waals surface area contributed by atoms with Crippen LogP contribution in [0, 0.1) is 6.92 Å². The van der Waals surface area contributed by atoms with Gasteiger partial charge >= 0.3 is 0 Å². The molecule has 1 fully saturated rings. The molecule has 5 heteroatoms. The number of hydrogen-bond donors (Lipinski definition) is 1. The van der Waals surface area contributed by atoms with Crippen LogP contribution in [0.4, 0.5) is 5.95 Å². The first-order chi connectivity index (χ1) is 12.2. The summed E-state index contributed by atoms with van der Waals surface area (Å²) in [6, 6.07) is 10.3. The number of anilines is 1. The first-order valence-electron chi connectivity index (χ1n) is 9.11. The van der Waals surface area contributed by atoms with E-state index in [-0.39, 0.29) is 5.91 Å². The Labute approximate surface area is 149 Å². The highest BCUT2D eigenvalue weighted by Crippen LogP contribution is 2.21. The van der Waals surface area contributed by atoms with Crippen molar-refractivity contribution in [3.63, 3.8) is 0 Å². The summed E-state index contributed by atoms with van der Waals surface area (Å²) in [5.74, 6) is 0.520. The minimum atomic E-state index is 0.0212. The lowest BCUT2D eigenvalue weighted by atomic mass is 9.99. The molecule has 1 N–H and O–H groups in total. The molecule has 132 valence electrons. The van der Waals surface area contributed by atoms with E-state index in [1.807, 2.05) is 17.0 Å². The van der Waals surface area contributed by atoms with Gasteiger partial charge in [-0.05, 0) is 49.8 Å². The number of amides is 1. The summed E-state index contributed by atoms with van der Waals surface area (Å²) in [4.78, 5) is 23.5. The van der Waals surface area contributed by atoms with Crippen molar-refractivity contribution >= 4 is 11.9 Å². The summed E-state index contributed by atoms with van der Waals surface area (Å²) in [5.41, 5.74) is 2.90. The van der Waals surface area contributed by atoms with Gasteiger partial charge < -0.3 is 10.2 Å². The molecule has 0 bridgehead atoms. The van der Waals surface area contributed by atoms with E-state index < -0.39 is 0 Å². The molecule has 1 unspecified atom stereocenters. The SMILES string of the molecule is CCC1CCCCN1C(=O)c1ccnc(NCc2ccccc2C)n1. The van der Waals surface area contributed by atoms with Gasteiger partial charge in [0.1, 0.15) is 5.69 Å². The van der Waals surface area contributed by atoms with Gasteiger partial charge in [-0.2, -0.15) is 0 Å². The average molecular weight is 338 g/mol. The second kappa shape index (κ2) is 8.10. The highest BCUT2D eigenvalue weighted by atomic mass is 16.2. The van der Waals surface area contributed by atoms with E-state index in [9.17, 15) is 4.79 Å². The Morgan fingerprint density at radius 1 is 1.28 bits per heavy atom. The number of carbonyl (C=O) groups is 1. The second-order valence-electron chi connectivity index (χ2n) is 6.60. The normalized spacial score (nSPS) is 17.4. The molecule has 2 heterocycles. The van der Waals surface area contributed by atoms with Crippen LogP contribution < -0.4 is 5.32 Å². The summed E-state index contributed by atoms with van der Waals surface area (Å²) in [7, 11) is 0. The third-order valence-electron chi connectivity index (χ3n) is 4.93. The molecule has 0 spiro atoms. The monoisotopic (exact) mass is 338 g/mol. The second-order valence-corrected chi connectivity index (χ2v) is 6.60. The van der Waals surface area contributed by atoms with E-state index in [1.54, 1.807) is 12.3 Å². The maximum Gasteiger partial charge on any atom is 0.272 e. The molecule has 2 aromatic rings. The zero-order valence-corrected chi connectivity index (χ0v) is 15.0. The van der Waals surface area contributed by atoms with Crippen LogP contribution in [0.5, 0.6) is 0 Å². The highest BCUT2D eigenvalue weighted by Gasteiger charge is 2.27. The minimum Gasteiger partial charge on any atom is -0.350 e. The van der Waals surface area contributed by atoms with E-state index in [1.165, 1.54) is 17.5 Å². The van der Waals surface area contributed by atoms with E-state index in [0.29, 0.717) is 24.2 Å². The van der Waals surface area contributed by atoms with Crippen molar-refractivity contribution in [2.75, 3.05) is 11.9 Å². The molecule has 1 aliphatic rings. The van der Waals surface area contributed by atoms with Crippen molar-refractivity contribution in [2.45, 2.75) is 52.1 Å². The number of likely N-dealkylation sites (tertiary alicyclic amines) is 1. The standard InChI is InChI=1S/C20H26N4O/c1-3-17-10-6-7-13-24(17)19(25)18-11-12-21-20(23-18)22-14-16-9-5-4-8-15(16)2/h4-5,8-9,11-12,17H,3,6-7,10,13-14H2,1-2H3,(H,21,22,23). The minimum absolute atomic E-state index is 0.0212. The Kier molecular flexibility index (Phi) is 5.64. The highest BCUT2D eigenvalue weighted by molar-refractivity contribution is 5.92. The van der Waals surface area contributed by atoms with Crippen molar-refractivity contribution in [2.24, 2.45) is 0 Å². The summed E-state index contributed by atoms with van der Waals surface area (Å²) in [6.07, 6.45) is 6.02. The molecule has 1 aromatic carbocycles. The maximum atomic E-state index is 12.9. The topological polar surface area (TPSA) is 58.1 Å². The first-order valence-corrected chi connectivity index (χ1v) is 9.11. The van der Waals surface area contributed by atoms with Crippen LogP contribution >= 0.6 is 0 Å². The number of benzene rings is 1. The molecule has 1 amide bonds. The quantitative estimate of drug-likeness (QED) is 0.901. The molecular weight excluding hydrogens is 312 g/mol. The number of nitrogens with one attached hydrogen (secondary N) is 1. The number of rotatable bonds is 5. The van der Waals surface area contributed by atoms with E-state index in [2.05, 4.69) is 41.3 Å². The number of aromatic nitrogens is 2. The van der Waals surface area contributed by atoms with Crippen molar-refractivity contribution in [3.8, 4) is 0 Å². The van der Waals surface area contributed by atoms with Gasteiger partial charge in [-0.15, -0.1) is 0 Å². The number of nitrogens with zero attached hydrogens (tertiary/aromatic N) is 3. The van der Waals surface area contributed by atoms with E-state index >= 15 is 0 Å². The van der Waals surface area contributed by atoms with Crippen molar-refractivity contribution in [1.29, 1.82) is 0 Å². The van der Waals surface area contributed by atoms with E-state index in [4.69, 9.17) is 0 Å². The molecule has 0 radical (unpaired) electrons. The molecule has 0 aliphatic carbocycles. The molecule has 1 aromatic heterocycles. The Bertz CT molecular complexity index is 731. The Hall–Kier alpha value is -2.43. The van der Waals surface area contributed by atoms with Crippen molar-refractivity contribution in [1.82, 2.24) is 14.9 Å². The van der Waals surface area contributed by atoms with Gasteiger partial charge in [0.25, 0.3) is 5.91 Å². The molecular formula is C20H26N4O. The summed E-state index contributed by atoms with van der Waals surface area (Å²) >= 11 is 0. The number of hydrogen-bond acceptors (Lipinski definition) is 4. The Morgan fingerprint density at radius 3 is 2.92 bits per heavy atom. The number of piperidine rings is 1. The molecule has 3 rings (SSSR count). The lowest BCUT2D eigenvalue weighted by Gasteiger charge is -2.35. The maximum absolute atomic E-state index is 12.9. The zero-order chi connectivity index (χ0) is 17.6. The lowest BCUT2D eigenvalue weighted by Crippen LogP contribution is -2.43. The Morgan fingerprint density at radius 2 is 2.12 bits per heavy atom. The fourth-order valence-corrected chi connectivity index (χ4v) is 3.39. The predicted molar refractivity (Wildman–Crippen MR) is 99.5 cm³/mol. The molecule has 5 nitrogen and oxygen atoms in total. The van der Waals surface area contributed by atoms with E-state index in [0.717, 1.165) is 25.8 Å². The molecule has 0 saturated carbocycles. The van der Waals surface area contributed by atoms with Gasteiger partial charge in [-0.3, -0.25) is 4.79 Å². The summed E-state index contributed by atoms with van der Waals surface area (Å²) < 4.78 is 0. The van der Waals surface area contributed by atoms with Crippen LogP contribution in [0.25, 0.3) is 0 Å². The fourth-order valence-electron chi connectivity index (χ4n) is 3.39. The molecule has 1 saturated heterocycles. The smallest absolute Gasteiger partial charge is 0.272 e. The van der Waals surface area contributed by atoms with Crippen LogP contribution in [0.2, 0.25) is 0 Å². The molecule has 1 atom stereocenters. The van der Waals surface area contributed by atoms with Gasteiger partial charge in [0.15, 0.2) is 0 Å². The van der Waals surface area contributed by atoms with Gasteiger partial charge in [0, 0.05) is 25.3 Å². The van der Waals surface area contributed by atoms with Gasteiger partial charge in [0.05, 0.1) is 0 Å². The van der Waals surface area contributed by atoms with Gasteiger partial charge in [-0.25, -0.2) is 9.97 Å². The third-order valence-corrected chi connectivity index (χ3v) is 4.93. The van der Waals surface area contributed by atoms with Crippen LogP contribution in [-0.2, 0) is 6.54 Å². The summed E-state index contributed by atoms with van der Waals surface area (Å²) in [6.45, 7) is 5.70. The lowest BCUT2D eigenvalue weighted by molar-refractivity contribution is 0.0602. The number of carbonyl (C=O) groups excluding carboxylic acids is 1. The van der Waals surface area contributed by atoms with Crippen LogP contribution in [0.3, 0.4) is 0 Å². The van der Waals surface area contributed by atoms with Crippen LogP contribution in [0.1, 0.15) is 54.2 Å². The van der Waals surface area contributed by atoms with Gasteiger partial charge in [0.2, 0.25) is 5.95 Å². The number of aryl methyl sites for hydroxylation is 1. The largest absolute Gasteiger partial charge is 0.350 e. The zero-order valence-electron chi connectivity index (χ0n) is 15.0. The molecule has 25 heavy (non-hydrogen) atoms. The third kappa shape index (κ3) is 4.16. The Balaban J connectivity index is 1.70. The van der Waals surface area contributed by atoms with Crippen molar-refractivity contribution < 1.29 is 4.79 Å². The molecule has 1 aliphatic heterocycles. The van der Waals surface area contributed by atoms with Gasteiger partial charge in [-0.1, -0.05) is 31.2 Å². The van der Waals surface area contributed by atoms with Crippen LogP contribution in [0.15, 0.2) is 36.5 Å². The predicted octanol–water partition coefficient (Wildman–Crippen LogP) is 3.80. The first kappa shape index (κ1) is 17.4. The average Bonchev–Trinajstić information content (AvgIpc) is 2.67. The van der Waals surface area contributed by atoms with Crippen LogP contribution in [-0.4, -0.2) is 33.4 Å². The summed E-state index contributed by atoms with van der Waals surface area (Å²) in [5, 5.41) is 3.23. The van der Waals surface area contributed by atoms with Crippen molar-refractivity contribution in [3.05, 3.63) is 53.3 Å². The fraction of sp³-hybridized carbons (Fsp3) is 0.450.